The molecule has 14 rings (SSSR count). The fourth-order valence-corrected chi connectivity index (χ4v) is 16.3. The number of aromatic amines is 5. The first kappa shape index (κ1) is 95.7. The van der Waals surface area contributed by atoms with Gasteiger partial charge in [0, 0.05) is 83.9 Å². The molecule has 0 saturated carbocycles. The van der Waals surface area contributed by atoms with Crippen LogP contribution in [0.5, 0.6) is 0 Å². The van der Waals surface area contributed by atoms with E-state index in [2.05, 4.69) is 145 Å². The Labute approximate surface area is 740 Å². The maximum absolute atomic E-state index is 11.9. The average molecular weight is 1770 g/mol. The lowest BCUT2D eigenvalue weighted by Crippen LogP contribution is -2.26. The molecule has 0 fully saturated rings. The number of carbonyl (C=O) groups is 4. The summed E-state index contributed by atoms with van der Waals surface area (Å²) >= 11 is 1.42. The Morgan fingerprint density at radius 2 is 0.898 bits per heavy atom. The Morgan fingerprint density at radius 3 is 1.30 bits per heavy atom. The van der Waals surface area contributed by atoms with Crippen LogP contribution in [0.25, 0.3) is 43.6 Å². The van der Waals surface area contributed by atoms with Gasteiger partial charge in [-0.2, -0.15) is 26.1 Å². The van der Waals surface area contributed by atoms with Gasteiger partial charge in [-0.05, 0) is 164 Å². The molecule has 672 valence electrons. The zero-order valence-electron chi connectivity index (χ0n) is 72.4. The topological polar surface area (TPSA) is 629 Å². The predicted octanol–water partition coefficient (Wildman–Crippen LogP) is 11.8. The lowest BCUT2D eigenvalue weighted by molar-refractivity contribution is -0.144. The zero-order chi connectivity index (χ0) is 91.9. The lowest BCUT2D eigenvalue weighted by Gasteiger charge is -2.27. The van der Waals surface area contributed by atoms with E-state index in [1.165, 1.54) is 11.3 Å². The van der Waals surface area contributed by atoms with Crippen molar-refractivity contribution in [3.05, 3.63) is 221 Å². The standard InChI is InChI=1S/C21H25N5O3.C19H23N7O2.C17H20N6O2.C15H18N6O2S.C15H22N6O/c1-13(2)9-18(21(28)29)17(20-23-25-26-24-20)10-15-5-8-19(22-11-15)16-6-3-14(12-27)4-7-16;1-11(2)7-15(19(27)28)14(18-23-25-26-24-18)8-12-3-5-16(21-9-12)13-4-6-17(20)22-10-13;1-2-3-13(17(24)25)14(16-20-22-23-21-16)7-10-4-5-15-11(6-10)8-12(18)9-19-15;1-2-4-9(14(22)23)10(13-18-20-21-19-13)7-8-5-3-6-11-12(8)17-15(16)24-11;1-9(2)14(10(3)22)12(15-18-20-21-19-15)7-11-5-6-13(16-4)17-8-11/h3-8,11,13,17-18,27H,9-10,12H2,1-2H3,(H,28,29)(H,23,24,25,26);3-6,9-11,14-15H,7-8H2,1-2H3,(H2,20,22)(H,27,28)(H,23,24,25,26);4-6,8-9,13-14H,2-3,7,18H2,1H3,(H,24,25)(H,20,21,22,23);3,5-6,9-10H,2,4,7H2,1H3,(H2,16,17)(H,22,23)(H,18,19,20,21);5-6,8-9,12,14,22H,3,7H2,1-2,4H3,(H,16,17)(H,18,19,20,21)/t17-,18-;14-,15-;13-,14-;9-,10-;12-,14+/m00000/s1. The Morgan fingerprint density at radius 1 is 0.461 bits per heavy atom. The van der Waals surface area contributed by atoms with Crippen molar-refractivity contribution in [2.75, 3.05) is 29.6 Å². The molecule has 10 atom stereocenters. The van der Waals surface area contributed by atoms with Crippen LogP contribution < -0.4 is 22.5 Å². The number of carboxylic acid groups (broad SMARTS) is 4. The van der Waals surface area contributed by atoms with E-state index in [1.807, 2.05) is 178 Å². The number of nitrogens with one attached hydrogen (secondary N) is 6. The van der Waals surface area contributed by atoms with Crippen molar-refractivity contribution in [2.45, 2.75) is 162 Å². The highest BCUT2D eigenvalue weighted by atomic mass is 32.1. The number of carboxylic acids is 4. The number of aliphatic hydroxyl groups excluding tert-OH is 2. The summed E-state index contributed by atoms with van der Waals surface area (Å²) in [7, 11) is 1.83. The van der Waals surface area contributed by atoms with Gasteiger partial charge in [-0.1, -0.05) is 173 Å². The first-order valence-electron chi connectivity index (χ1n) is 41.8. The van der Waals surface area contributed by atoms with Crippen molar-refractivity contribution in [2.24, 2.45) is 47.3 Å². The van der Waals surface area contributed by atoms with E-state index in [4.69, 9.17) is 22.3 Å². The number of hydrogen-bond acceptors (Lipinski definition) is 32. The van der Waals surface area contributed by atoms with E-state index >= 15 is 0 Å². The number of para-hydroxylation sites is 1. The molecular formula is C87H108N30O10S. The Bertz CT molecular complexity index is 5720. The Balaban J connectivity index is 0.000000167. The molecular weight excluding hydrogens is 1660 g/mol. The highest BCUT2D eigenvalue weighted by Gasteiger charge is 2.38. The number of aliphatic carboxylic acids is 4. The molecule has 11 heterocycles. The second kappa shape index (κ2) is 47.0. The van der Waals surface area contributed by atoms with Crippen LogP contribution in [0.2, 0.25) is 0 Å². The van der Waals surface area contributed by atoms with Gasteiger partial charge in [-0.15, -0.1) is 51.0 Å². The summed E-state index contributed by atoms with van der Waals surface area (Å²) in [6.07, 6.45) is 14.8. The number of nitrogens with zero attached hydrogens (tertiary/aromatic N) is 21. The molecule has 11 aromatic heterocycles. The van der Waals surface area contributed by atoms with Crippen molar-refractivity contribution < 1.29 is 49.8 Å². The van der Waals surface area contributed by atoms with Gasteiger partial charge >= 0.3 is 23.9 Å². The number of anilines is 4. The van der Waals surface area contributed by atoms with Gasteiger partial charge in [0.25, 0.3) is 0 Å². The van der Waals surface area contributed by atoms with Gasteiger partial charge in [0.05, 0.1) is 75.0 Å². The molecule has 0 saturated heterocycles. The number of aliphatic hydroxyl groups is 2. The summed E-state index contributed by atoms with van der Waals surface area (Å²) in [6.45, 7) is 19.7. The average Bonchev–Trinajstić information content (AvgIpc) is 1.67. The van der Waals surface area contributed by atoms with Gasteiger partial charge in [0.2, 0.25) is 0 Å². The van der Waals surface area contributed by atoms with Crippen molar-refractivity contribution in [1.29, 1.82) is 0 Å². The highest BCUT2D eigenvalue weighted by Crippen LogP contribution is 2.39. The molecule has 41 heteroatoms. The second-order valence-corrected chi connectivity index (χ2v) is 33.2. The number of nitrogens with two attached hydrogens (primary N) is 3. The molecule has 128 heavy (non-hydrogen) atoms. The molecule has 40 nitrogen and oxygen atoms in total. The van der Waals surface area contributed by atoms with E-state index in [-0.39, 0.29) is 53.8 Å². The van der Waals surface area contributed by atoms with Crippen LogP contribution in [0, 0.1) is 47.3 Å². The first-order chi connectivity index (χ1) is 61.6. The minimum absolute atomic E-state index is 0.00520. The Kier molecular flexibility index (Phi) is 35.1. The van der Waals surface area contributed by atoms with E-state index in [0.29, 0.717) is 104 Å². The number of tetrazole rings is 5. The number of pyridine rings is 5. The number of benzene rings is 3. The van der Waals surface area contributed by atoms with Crippen LogP contribution in [0.1, 0.15) is 186 Å². The molecule has 0 aliphatic carbocycles. The fraction of sp³-hybridized carbons (Fsp3) is 0.391. The van der Waals surface area contributed by atoms with Gasteiger partial charge in [0.15, 0.2) is 34.3 Å². The van der Waals surface area contributed by atoms with Crippen molar-refractivity contribution in [1.82, 2.24) is 133 Å². The first-order valence-corrected chi connectivity index (χ1v) is 42.6. The van der Waals surface area contributed by atoms with Crippen LogP contribution in [0.3, 0.4) is 0 Å². The minimum Gasteiger partial charge on any atom is -0.513 e. The number of allylic oxidation sites excluding steroid dienone is 1. The largest absolute Gasteiger partial charge is 0.513 e. The molecule has 14 aromatic rings. The van der Waals surface area contributed by atoms with E-state index in [0.717, 1.165) is 95.7 Å². The number of thiazole rings is 1. The van der Waals surface area contributed by atoms with Crippen LogP contribution in [0.4, 0.5) is 22.5 Å². The summed E-state index contributed by atoms with van der Waals surface area (Å²) in [5, 5.41) is 133. The third kappa shape index (κ3) is 27.0. The predicted molar refractivity (Wildman–Crippen MR) is 478 cm³/mol. The fourth-order valence-electron chi connectivity index (χ4n) is 15.5. The smallest absolute Gasteiger partial charge is 0.307 e. The number of aromatic nitrogens is 26. The number of nitrogen functional groups attached to an aromatic ring is 3. The van der Waals surface area contributed by atoms with Crippen molar-refractivity contribution in [3.8, 4) is 22.5 Å². The van der Waals surface area contributed by atoms with E-state index in [9.17, 15) is 44.7 Å². The number of fused-ring (bicyclic) bond motifs is 2. The number of H-pyrrole nitrogens is 5. The maximum atomic E-state index is 11.9. The van der Waals surface area contributed by atoms with Gasteiger partial charge in [-0.3, -0.25) is 34.1 Å². The monoisotopic (exact) mass is 1760 g/mol. The summed E-state index contributed by atoms with van der Waals surface area (Å²) < 4.78 is 0.985. The summed E-state index contributed by atoms with van der Waals surface area (Å²) in [5.74, 6) is -3.31. The van der Waals surface area contributed by atoms with Gasteiger partial charge in [0.1, 0.15) is 11.6 Å². The molecule has 3 aromatic carbocycles. The van der Waals surface area contributed by atoms with Gasteiger partial charge in [-0.25, -0.2) is 15.0 Å². The summed E-state index contributed by atoms with van der Waals surface area (Å²) in [6, 6.07) is 36.3. The van der Waals surface area contributed by atoms with E-state index in [1.54, 1.807) is 30.9 Å². The number of rotatable bonds is 38. The SMILES string of the molecule is C=C(O)[C@@H](C(C)C)[C@H](Cc1ccc(NC)nc1)c1nn[nH]n1.CC(C)C[C@H](C(=O)O)[C@H](Cc1ccc(-c2ccc(CO)cc2)nc1)c1nn[nH]n1.CC(C)C[C@H](C(=O)O)[C@H](Cc1ccc(-c2ccc(N)nc2)nc1)c1nn[nH]n1.CCC[C@H](C(=O)O)[C@H](Cc1ccc2ncc(N)cc2c1)c1nn[nH]n1.CCC[C@H](C(=O)O)[C@H](Cc1cccc2sc(N)nc12)c1nn[nH]n1. The van der Waals surface area contributed by atoms with Crippen molar-refractivity contribution >= 4 is 78.8 Å². The normalized spacial score (nSPS) is 13.6. The molecule has 0 bridgehead atoms. The molecule has 0 amide bonds. The molecule has 0 aliphatic heterocycles. The van der Waals surface area contributed by atoms with Gasteiger partial charge < -0.3 is 53.2 Å². The quantitative estimate of drug-likeness (QED) is 0.0160. The Hall–Kier alpha value is -14.5. The minimum atomic E-state index is -0.860. The van der Waals surface area contributed by atoms with Crippen LogP contribution in [0.15, 0.2) is 159 Å². The molecule has 18 N–H and O–H groups in total. The summed E-state index contributed by atoms with van der Waals surface area (Å²) in [4.78, 5) is 73.4. The van der Waals surface area contributed by atoms with Crippen LogP contribution in [-0.2, 0) is 57.9 Å². The zero-order valence-corrected chi connectivity index (χ0v) is 73.2. The third-order valence-corrected chi connectivity index (χ3v) is 22.5. The maximum Gasteiger partial charge on any atom is 0.307 e. The third-order valence-electron chi connectivity index (χ3n) is 21.7. The van der Waals surface area contributed by atoms with Crippen molar-refractivity contribution in [3.63, 3.8) is 0 Å². The molecule has 0 radical (unpaired) electrons. The molecule has 0 aliphatic rings. The number of hydrogen-bond donors (Lipinski definition) is 15. The van der Waals surface area contributed by atoms with E-state index < -0.39 is 59.4 Å². The molecule has 0 unspecified atom stereocenters. The van der Waals surface area contributed by atoms with Crippen LogP contribution in [-0.4, -0.2) is 195 Å². The lowest BCUT2D eigenvalue weighted by atomic mass is 9.78. The highest BCUT2D eigenvalue weighted by molar-refractivity contribution is 7.22. The second-order valence-electron chi connectivity index (χ2n) is 32.1. The molecule has 0 spiro atoms. The van der Waals surface area contributed by atoms with Crippen LogP contribution >= 0.6 is 11.3 Å². The summed E-state index contributed by atoms with van der Waals surface area (Å²) in [5.41, 5.74) is 28.5.